The number of hydrogen-bond acceptors (Lipinski definition) is 5. The molecular weight excluding hydrogens is 433 g/mol. The van der Waals surface area contributed by atoms with Crippen molar-refractivity contribution in [2.75, 3.05) is 19.0 Å². The molecule has 0 radical (unpaired) electrons. The molecule has 0 aliphatic rings. The van der Waals surface area contributed by atoms with Gasteiger partial charge < -0.3 is 14.8 Å². The molecule has 3 rings (SSSR count). The number of anilines is 1. The number of thiophene rings is 1. The zero-order chi connectivity index (χ0) is 20.8. The predicted octanol–water partition coefficient (Wildman–Crippen LogP) is 5.92. The lowest BCUT2D eigenvalue weighted by Gasteiger charge is -2.09. The monoisotopic (exact) mass is 449 g/mol. The number of carbonyl (C=O) groups is 2. The molecule has 1 N–H and O–H groups in total. The maximum atomic E-state index is 12.3. The molecule has 0 fully saturated rings. The molecule has 3 aromatic rings. The molecular formula is C21H17Cl2NO4S. The Kier molecular flexibility index (Phi) is 7.14. The lowest BCUT2D eigenvalue weighted by molar-refractivity contribution is -0.116. The Bertz CT molecular complexity index is 1000. The van der Waals surface area contributed by atoms with Crippen LogP contribution >= 0.6 is 34.5 Å². The minimum absolute atomic E-state index is 0.122. The molecule has 2 aromatic carbocycles. The first-order valence-corrected chi connectivity index (χ1v) is 10.3. The normalized spacial score (nSPS) is 10.4. The maximum Gasteiger partial charge on any atom is 0.341 e. The molecule has 29 heavy (non-hydrogen) atoms. The Labute approximate surface area is 182 Å². The van der Waals surface area contributed by atoms with Crippen LogP contribution in [0.3, 0.4) is 0 Å². The van der Waals surface area contributed by atoms with E-state index >= 15 is 0 Å². The molecule has 1 aromatic heterocycles. The molecule has 0 saturated carbocycles. The third-order valence-electron chi connectivity index (χ3n) is 4.00. The van der Waals surface area contributed by atoms with E-state index in [9.17, 15) is 9.59 Å². The van der Waals surface area contributed by atoms with E-state index in [0.29, 0.717) is 31.9 Å². The van der Waals surface area contributed by atoms with Crippen LogP contribution in [0.2, 0.25) is 10.0 Å². The van der Waals surface area contributed by atoms with Gasteiger partial charge in [0.1, 0.15) is 16.3 Å². The number of ether oxygens (including phenoxy) is 2. The van der Waals surface area contributed by atoms with Crippen LogP contribution in [-0.2, 0) is 9.53 Å². The molecule has 0 atom stereocenters. The lowest BCUT2D eigenvalue weighted by Crippen LogP contribution is -2.16. The van der Waals surface area contributed by atoms with Gasteiger partial charge in [0.2, 0.25) is 5.91 Å². The van der Waals surface area contributed by atoms with Crippen molar-refractivity contribution in [3.63, 3.8) is 0 Å². The van der Waals surface area contributed by atoms with E-state index < -0.39 is 5.97 Å². The fourth-order valence-corrected chi connectivity index (χ4v) is 3.80. The first-order chi connectivity index (χ1) is 14.0. The van der Waals surface area contributed by atoms with Crippen molar-refractivity contribution >= 4 is 51.4 Å². The van der Waals surface area contributed by atoms with Crippen LogP contribution in [0, 0.1) is 0 Å². The summed E-state index contributed by atoms with van der Waals surface area (Å²) in [5.74, 6) is -0.170. The quantitative estimate of drug-likeness (QED) is 0.454. The second kappa shape index (κ2) is 9.78. The van der Waals surface area contributed by atoms with Crippen molar-refractivity contribution < 1.29 is 19.1 Å². The molecule has 5 nitrogen and oxygen atoms in total. The number of amides is 1. The number of nitrogens with one attached hydrogen (secondary N) is 1. The van der Waals surface area contributed by atoms with E-state index in [4.69, 9.17) is 32.7 Å². The zero-order valence-corrected chi connectivity index (χ0v) is 17.7. The van der Waals surface area contributed by atoms with Gasteiger partial charge in [-0.1, -0.05) is 35.3 Å². The van der Waals surface area contributed by atoms with Gasteiger partial charge in [-0.3, -0.25) is 4.79 Å². The summed E-state index contributed by atoms with van der Waals surface area (Å²) in [5, 5.41) is 6.21. The van der Waals surface area contributed by atoms with Gasteiger partial charge in [-0.2, -0.15) is 0 Å². The van der Waals surface area contributed by atoms with Crippen molar-refractivity contribution in [1.82, 2.24) is 0 Å². The van der Waals surface area contributed by atoms with E-state index in [2.05, 4.69) is 5.32 Å². The molecule has 0 aliphatic heterocycles. The maximum absolute atomic E-state index is 12.3. The van der Waals surface area contributed by atoms with Gasteiger partial charge in [-0.25, -0.2) is 4.79 Å². The number of rotatable bonds is 7. The number of esters is 1. The van der Waals surface area contributed by atoms with Gasteiger partial charge in [-0.05, 0) is 42.0 Å². The summed E-state index contributed by atoms with van der Waals surface area (Å²) in [5.41, 5.74) is 1.79. The molecule has 0 unspecified atom stereocenters. The average Bonchev–Trinajstić information content (AvgIpc) is 3.13. The standard InChI is InChI=1S/C21H17Cl2NO4S/c1-27-21(26)19-17(13-2-4-14(22)5-3-13)12-29-20(19)24-18(25)10-11-28-16-8-6-15(23)7-9-16/h2-9,12H,10-11H2,1H3,(H,24,25). The number of carbonyl (C=O) groups excluding carboxylic acids is 2. The molecule has 0 bridgehead atoms. The highest BCUT2D eigenvalue weighted by molar-refractivity contribution is 7.15. The van der Waals surface area contributed by atoms with Gasteiger partial charge in [0, 0.05) is 21.0 Å². The third kappa shape index (κ3) is 5.50. The molecule has 1 amide bonds. The highest BCUT2D eigenvalue weighted by Gasteiger charge is 2.22. The van der Waals surface area contributed by atoms with Crippen molar-refractivity contribution in [2.24, 2.45) is 0 Å². The van der Waals surface area contributed by atoms with Crippen LogP contribution in [0.15, 0.2) is 53.9 Å². The van der Waals surface area contributed by atoms with E-state index in [1.807, 2.05) is 12.1 Å². The van der Waals surface area contributed by atoms with Crippen LogP contribution in [-0.4, -0.2) is 25.6 Å². The highest BCUT2D eigenvalue weighted by atomic mass is 35.5. The lowest BCUT2D eigenvalue weighted by atomic mass is 10.0. The largest absolute Gasteiger partial charge is 0.493 e. The Hall–Kier alpha value is -2.54. The summed E-state index contributed by atoms with van der Waals surface area (Å²) >= 11 is 13.0. The fourth-order valence-electron chi connectivity index (χ4n) is 2.58. The molecule has 0 saturated heterocycles. The van der Waals surface area contributed by atoms with Gasteiger partial charge in [-0.15, -0.1) is 11.3 Å². The van der Waals surface area contributed by atoms with Crippen molar-refractivity contribution in [1.29, 1.82) is 0 Å². The van der Waals surface area contributed by atoms with Crippen LogP contribution < -0.4 is 10.1 Å². The van der Waals surface area contributed by atoms with Gasteiger partial charge in [0.25, 0.3) is 0 Å². The van der Waals surface area contributed by atoms with Crippen LogP contribution in [0.4, 0.5) is 5.00 Å². The number of methoxy groups -OCH3 is 1. The average molecular weight is 450 g/mol. The Morgan fingerprint density at radius 3 is 2.24 bits per heavy atom. The van der Waals surface area contributed by atoms with Gasteiger partial charge in [0.15, 0.2) is 0 Å². The van der Waals surface area contributed by atoms with Crippen LogP contribution in [0.1, 0.15) is 16.8 Å². The first kappa shape index (κ1) is 21.2. The summed E-state index contributed by atoms with van der Waals surface area (Å²) < 4.78 is 10.4. The SMILES string of the molecule is COC(=O)c1c(-c2ccc(Cl)cc2)csc1NC(=O)CCOc1ccc(Cl)cc1. The number of benzene rings is 2. The second-order valence-electron chi connectivity index (χ2n) is 5.95. The Balaban J connectivity index is 1.69. The number of hydrogen-bond donors (Lipinski definition) is 1. The Morgan fingerprint density at radius 2 is 1.62 bits per heavy atom. The van der Waals surface area contributed by atoms with Gasteiger partial charge >= 0.3 is 5.97 Å². The fraction of sp³-hybridized carbons (Fsp3) is 0.143. The van der Waals surface area contributed by atoms with Crippen molar-refractivity contribution in [3.8, 4) is 16.9 Å². The molecule has 150 valence electrons. The van der Waals surface area contributed by atoms with Crippen LogP contribution in [0.25, 0.3) is 11.1 Å². The van der Waals surface area contributed by atoms with Crippen LogP contribution in [0.5, 0.6) is 5.75 Å². The second-order valence-corrected chi connectivity index (χ2v) is 7.71. The molecule has 0 spiro atoms. The first-order valence-electron chi connectivity index (χ1n) is 8.62. The molecule has 0 aliphatic carbocycles. The highest BCUT2D eigenvalue weighted by Crippen LogP contribution is 2.36. The van der Waals surface area contributed by atoms with Crippen molar-refractivity contribution in [2.45, 2.75) is 6.42 Å². The summed E-state index contributed by atoms with van der Waals surface area (Å²) in [6.45, 7) is 0.191. The minimum Gasteiger partial charge on any atom is -0.493 e. The Morgan fingerprint density at radius 1 is 1.00 bits per heavy atom. The van der Waals surface area contributed by atoms with Gasteiger partial charge in [0.05, 0.1) is 20.1 Å². The van der Waals surface area contributed by atoms with E-state index in [-0.39, 0.29) is 18.9 Å². The summed E-state index contributed by atoms with van der Waals surface area (Å²) in [6.07, 6.45) is 0.122. The minimum atomic E-state index is -0.524. The van der Waals surface area contributed by atoms with Crippen molar-refractivity contribution in [3.05, 3.63) is 69.5 Å². The van der Waals surface area contributed by atoms with E-state index in [1.54, 1.807) is 41.8 Å². The summed E-state index contributed by atoms with van der Waals surface area (Å²) in [4.78, 5) is 24.7. The third-order valence-corrected chi connectivity index (χ3v) is 5.40. The number of halogens is 2. The van der Waals surface area contributed by atoms with E-state index in [1.165, 1.54) is 18.4 Å². The summed E-state index contributed by atoms with van der Waals surface area (Å²) in [6, 6.07) is 14.0. The zero-order valence-electron chi connectivity index (χ0n) is 15.4. The molecule has 1 heterocycles. The smallest absolute Gasteiger partial charge is 0.341 e. The summed E-state index contributed by atoms with van der Waals surface area (Å²) in [7, 11) is 1.30. The molecule has 8 heteroatoms. The topological polar surface area (TPSA) is 64.6 Å². The predicted molar refractivity (Wildman–Crippen MR) is 116 cm³/mol. The van der Waals surface area contributed by atoms with E-state index in [0.717, 1.165) is 5.56 Å².